The number of carbonyl (C=O) groups is 3. The van der Waals surface area contributed by atoms with Crippen LogP contribution in [0.2, 0.25) is 0 Å². The Morgan fingerprint density at radius 3 is 2.36 bits per heavy atom. The van der Waals surface area contributed by atoms with Gasteiger partial charge in [0.25, 0.3) is 0 Å². The number of likely N-dealkylation sites (tertiary alicyclic amines) is 1. The molecule has 0 radical (unpaired) electrons. The first-order valence-corrected chi connectivity index (χ1v) is 9.97. The summed E-state index contributed by atoms with van der Waals surface area (Å²) in [6, 6.07) is -1.19. The van der Waals surface area contributed by atoms with Crippen molar-refractivity contribution in [1.29, 1.82) is 0 Å². The lowest BCUT2D eigenvalue weighted by molar-refractivity contribution is -0.149. The third-order valence-electron chi connectivity index (χ3n) is 4.50. The van der Waals surface area contributed by atoms with E-state index in [1.54, 1.807) is 27.7 Å². The lowest BCUT2D eigenvalue weighted by atomic mass is 9.98. The van der Waals surface area contributed by atoms with Crippen LogP contribution in [-0.4, -0.2) is 67.4 Å². The minimum absolute atomic E-state index is 0.175. The highest BCUT2D eigenvalue weighted by Gasteiger charge is 2.44. The Morgan fingerprint density at radius 2 is 1.86 bits per heavy atom. The molecule has 1 N–H and O–H groups in total. The van der Waals surface area contributed by atoms with Crippen molar-refractivity contribution in [3.63, 3.8) is 0 Å². The number of esters is 2. The summed E-state index contributed by atoms with van der Waals surface area (Å²) in [4.78, 5) is 38.6. The lowest BCUT2D eigenvalue weighted by Crippen LogP contribution is -2.49. The second-order valence-electron chi connectivity index (χ2n) is 8.53. The van der Waals surface area contributed by atoms with Gasteiger partial charge in [0.15, 0.2) is 0 Å². The van der Waals surface area contributed by atoms with Crippen molar-refractivity contribution >= 4 is 18.0 Å². The zero-order valence-corrected chi connectivity index (χ0v) is 18.2. The standard InChI is InChI=1S/C20H36N2O6/c1-8-27-18(24)16-14(9-10-22(16)19(25)28-20(4,5)6)12-21-15(11-13(2)3)17(23)26-7/h13-16,21H,8-12H2,1-7H3/t14-,15-,16-/m0/s1. The summed E-state index contributed by atoms with van der Waals surface area (Å²) in [5.74, 6) is -0.648. The molecule has 0 aliphatic carbocycles. The van der Waals surface area contributed by atoms with Crippen LogP contribution in [0.4, 0.5) is 4.79 Å². The van der Waals surface area contributed by atoms with Crippen molar-refractivity contribution in [2.24, 2.45) is 11.8 Å². The maximum Gasteiger partial charge on any atom is 0.411 e. The predicted octanol–water partition coefficient (Wildman–Crippen LogP) is 2.35. The van der Waals surface area contributed by atoms with Crippen LogP contribution in [0, 0.1) is 11.8 Å². The monoisotopic (exact) mass is 400 g/mol. The van der Waals surface area contributed by atoms with Gasteiger partial charge in [-0.1, -0.05) is 13.8 Å². The number of hydrogen-bond acceptors (Lipinski definition) is 7. The van der Waals surface area contributed by atoms with Crippen LogP contribution in [0.15, 0.2) is 0 Å². The number of carbonyl (C=O) groups excluding carboxylic acids is 3. The maximum atomic E-state index is 12.6. The number of nitrogens with zero attached hydrogens (tertiary/aromatic N) is 1. The van der Waals surface area contributed by atoms with Crippen LogP contribution >= 0.6 is 0 Å². The van der Waals surface area contributed by atoms with Crippen molar-refractivity contribution in [1.82, 2.24) is 10.2 Å². The molecular formula is C20H36N2O6. The molecule has 0 unspecified atom stereocenters. The van der Waals surface area contributed by atoms with Gasteiger partial charge in [0.1, 0.15) is 17.7 Å². The number of methoxy groups -OCH3 is 1. The van der Waals surface area contributed by atoms with Crippen LogP contribution in [0.5, 0.6) is 0 Å². The Morgan fingerprint density at radius 1 is 1.21 bits per heavy atom. The highest BCUT2D eigenvalue weighted by molar-refractivity contribution is 5.82. The molecule has 1 fully saturated rings. The van der Waals surface area contributed by atoms with Crippen LogP contribution < -0.4 is 5.32 Å². The second kappa shape index (κ2) is 10.6. The first kappa shape index (κ1) is 24.2. The molecule has 1 amide bonds. The zero-order chi connectivity index (χ0) is 21.5. The molecule has 3 atom stereocenters. The van der Waals surface area contributed by atoms with Gasteiger partial charge in [-0.2, -0.15) is 0 Å². The summed E-state index contributed by atoms with van der Waals surface area (Å²) >= 11 is 0. The van der Waals surface area contributed by atoms with Gasteiger partial charge in [-0.05, 0) is 46.5 Å². The lowest BCUT2D eigenvalue weighted by Gasteiger charge is -2.30. The largest absolute Gasteiger partial charge is 0.468 e. The van der Waals surface area contributed by atoms with Gasteiger partial charge in [0.2, 0.25) is 0 Å². The Balaban J connectivity index is 2.89. The molecule has 0 saturated carbocycles. The van der Waals surface area contributed by atoms with Gasteiger partial charge >= 0.3 is 18.0 Å². The molecule has 8 heteroatoms. The Bertz CT molecular complexity index is 543. The fourth-order valence-corrected chi connectivity index (χ4v) is 3.31. The van der Waals surface area contributed by atoms with Gasteiger partial charge in [0, 0.05) is 19.0 Å². The molecule has 1 heterocycles. The maximum absolute atomic E-state index is 12.6. The molecule has 1 rings (SSSR count). The minimum atomic E-state index is -0.736. The fourth-order valence-electron chi connectivity index (χ4n) is 3.31. The van der Waals surface area contributed by atoms with E-state index in [4.69, 9.17) is 14.2 Å². The van der Waals surface area contributed by atoms with Crippen LogP contribution in [0.1, 0.15) is 54.4 Å². The topological polar surface area (TPSA) is 94.2 Å². The van der Waals surface area contributed by atoms with E-state index in [2.05, 4.69) is 5.32 Å². The Labute approximate surface area is 168 Å². The molecule has 28 heavy (non-hydrogen) atoms. The number of ether oxygens (including phenoxy) is 3. The van der Waals surface area contributed by atoms with Crippen molar-refractivity contribution in [3.8, 4) is 0 Å². The molecule has 0 aromatic rings. The van der Waals surface area contributed by atoms with E-state index >= 15 is 0 Å². The number of amides is 1. The molecule has 162 valence electrons. The van der Waals surface area contributed by atoms with E-state index in [0.29, 0.717) is 31.8 Å². The van der Waals surface area contributed by atoms with Gasteiger partial charge < -0.3 is 19.5 Å². The van der Waals surface area contributed by atoms with E-state index in [-0.39, 0.29) is 18.5 Å². The molecule has 1 aliphatic heterocycles. The third-order valence-corrected chi connectivity index (χ3v) is 4.50. The number of nitrogens with one attached hydrogen (secondary N) is 1. The summed E-state index contributed by atoms with van der Waals surface area (Å²) in [5.41, 5.74) is -0.653. The molecule has 1 aliphatic rings. The highest BCUT2D eigenvalue weighted by atomic mass is 16.6. The van der Waals surface area contributed by atoms with Gasteiger partial charge in [-0.3, -0.25) is 9.69 Å². The SMILES string of the molecule is CCOC(=O)[C@@H]1[C@H](CN[C@@H](CC(C)C)C(=O)OC)CCN1C(=O)OC(C)(C)C. The van der Waals surface area contributed by atoms with E-state index in [1.165, 1.54) is 12.0 Å². The van der Waals surface area contributed by atoms with Gasteiger partial charge in [-0.15, -0.1) is 0 Å². The first-order chi connectivity index (χ1) is 13.0. The van der Waals surface area contributed by atoms with Crippen molar-refractivity contribution < 1.29 is 28.6 Å². The molecule has 8 nitrogen and oxygen atoms in total. The fraction of sp³-hybridized carbons (Fsp3) is 0.850. The first-order valence-electron chi connectivity index (χ1n) is 9.97. The normalized spacial score (nSPS) is 20.8. The molecule has 0 aromatic carbocycles. The average molecular weight is 401 g/mol. The van der Waals surface area contributed by atoms with Crippen LogP contribution in [0.3, 0.4) is 0 Å². The molecular weight excluding hydrogens is 364 g/mol. The van der Waals surface area contributed by atoms with E-state index in [1.807, 2.05) is 13.8 Å². The van der Waals surface area contributed by atoms with Crippen LogP contribution in [-0.2, 0) is 23.8 Å². The Kier molecular flexibility index (Phi) is 9.20. The number of hydrogen-bond donors (Lipinski definition) is 1. The zero-order valence-electron chi connectivity index (χ0n) is 18.2. The summed E-state index contributed by atoms with van der Waals surface area (Å²) in [6.07, 6.45) is 0.713. The molecule has 0 bridgehead atoms. The average Bonchev–Trinajstić information content (AvgIpc) is 3.00. The molecule has 0 aromatic heterocycles. The number of rotatable bonds is 8. The van der Waals surface area contributed by atoms with Crippen LogP contribution in [0.25, 0.3) is 0 Å². The summed E-state index contributed by atoms with van der Waals surface area (Å²) in [5, 5.41) is 3.22. The highest BCUT2D eigenvalue weighted by Crippen LogP contribution is 2.27. The quantitative estimate of drug-likeness (QED) is 0.494. The van der Waals surface area contributed by atoms with E-state index in [9.17, 15) is 14.4 Å². The second-order valence-corrected chi connectivity index (χ2v) is 8.53. The van der Waals surface area contributed by atoms with Gasteiger partial charge in [-0.25, -0.2) is 9.59 Å². The minimum Gasteiger partial charge on any atom is -0.468 e. The summed E-state index contributed by atoms with van der Waals surface area (Å²) < 4.78 is 15.5. The van der Waals surface area contributed by atoms with Crippen molar-refractivity contribution in [3.05, 3.63) is 0 Å². The smallest absolute Gasteiger partial charge is 0.411 e. The van der Waals surface area contributed by atoms with Gasteiger partial charge in [0.05, 0.1) is 13.7 Å². The summed E-state index contributed by atoms with van der Waals surface area (Å²) in [6.45, 7) is 12.2. The predicted molar refractivity (Wildman–Crippen MR) is 105 cm³/mol. The van der Waals surface area contributed by atoms with Crippen molar-refractivity contribution in [2.45, 2.75) is 72.1 Å². The van der Waals surface area contributed by atoms with E-state index in [0.717, 1.165) is 0 Å². The Hall–Kier alpha value is -1.83. The van der Waals surface area contributed by atoms with Crippen molar-refractivity contribution in [2.75, 3.05) is 26.8 Å². The molecule has 0 spiro atoms. The summed E-state index contributed by atoms with van der Waals surface area (Å²) in [7, 11) is 1.36. The molecule has 1 saturated heterocycles. The van der Waals surface area contributed by atoms with E-state index < -0.39 is 29.7 Å². The third kappa shape index (κ3) is 7.30.